The molecule has 0 amide bonds. The van der Waals surface area contributed by atoms with Gasteiger partial charge in [-0.25, -0.2) is 9.18 Å². The zero-order valence-electron chi connectivity index (χ0n) is 11.9. The molecule has 0 spiro atoms. The first-order valence-corrected chi connectivity index (χ1v) is 6.85. The molecule has 0 aromatic heterocycles. The van der Waals surface area contributed by atoms with Gasteiger partial charge in [-0.1, -0.05) is 24.3 Å². The molecule has 0 saturated heterocycles. The second kappa shape index (κ2) is 6.99. The number of hydrogen-bond donors (Lipinski definition) is 2. The zero-order valence-corrected chi connectivity index (χ0v) is 11.9. The summed E-state index contributed by atoms with van der Waals surface area (Å²) < 4.78 is 13.0. The minimum atomic E-state index is -0.903. The van der Waals surface area contributed by atoms with Gasteiger partial charge in [-0.15, -0.1) is 0 Å². The summed E-state index contributed by atoms with van der Waals surface area (Å²) in [5.41, 5.74) is 3.11. The largest absolute Gasteiger partial charge is 0.478 e. The van der Waals surface area contributed by atoms with Crippen LogP contribution in [-0.2, 0) is 13.0 Å². The maximum atomic E-state index is 13.0. The Morgan fingerprint density at radius 3 is 2.67 bits per heavy atom. The highest BCUT2D eigenvalue weighted by atomic mass is 19.1. The van der Waals surface area contributed by atoms with Gasteiger partial charge in [0.1, 0.15) is 5.82 Å². The van der Waals surface area contributed by atoms with Crippen LogP contribution in [0.2, 0.25) is 0 Å². The van der Waals surface area contributed by atoms with Crippen LogP contribution in [0, 0.1) is 12.7 Å². The lowest BCUT2D eigenvalue weighted by molar-refractivity contribution is 0.0695. The second-order valence-electron chi connectivity index (χ2n) is 4.96. The molecule has 0 atom stereocenters. The molecule has 2 rings (SSSR count). The van der Waals surface area contributed by atoms with Crippen LogP contribution in [0.25, 0.3) is 0 Å². The van der Waals surface area contributed by atoms with Gasteiger partial charge in [0.15, 0.2) is 0 Å². The monoisotopic (exact) mass is 287 g/mol. The highest BCUT2D eigenvalue weighted by molar-refractivity contribution is 5.89. The van der Waals surface area contributed by atoms with Crippen LogP contribution < -0.4 is 5.32 Å². The quantitative estimate of drug-likeness (QED) is 0.802. The molecule has 4 heteroatoms. The molecule has 0 bridgehead atoms. The maximum Gasteiger partial charge on any atom is 0.335 e. The molecule has 2 N–H and O–H groups in total. The topological polar surface area (TPSA) is 49.3 Å². The summed E-state index contributed by atoms with van der Waals surface area (Å²) in [6.45, 7) is 3.18. The number of hydrogen-bond acceptors (Lipinski definition) is 2. The van der Waals surface area contributed by atoms with Crippen LogP contribution in [0.5, 0.6) is 0 Å². The highest BCUT2D eigenvalue weighted by Gasteiger charge is 2.08. The molecule has 0 radical (unpaired) electrons. The van der Waals surface area contributed by atoms with Crippen molar-refractivity contribution in [2.75, 3.05) is 6.54 Å². The summed E-state index contributed by atoms with van der Waals surface area (Å²) in [6.07, 6.45) is 0.642. The first-order chi connectivity index (χ1) is 10.1. The van der Waals surface area contributed by atoms with Crippen molar-refractivity contribution in [3.05, 3.63) is 70.5 Å². The molecule has 3 nitrogen and oxygen atoms in total. The minimum absolute atomic E-state index is 0.230. The molecule has 0 aliphatic rings. The molecule has 2 aromatic rings. The van der Waals surface area contributed by atoms with Gasteiger partial charge in [0.2, 0.25) is 0 Å². The summed E-state index contributed by atoms with van der Waals surface area (Å²) in [6, 6.07) is 11.7. The average Bonchev–Trinajstić information content (AvgIpc) is 2.45. The van der Waals surface area contributed by atoms with E-state index in [0.29, 0.717) is 25.1 Å². The Hall–Kier alpha value is -2.20. The van der Waals surface area contributed by atoms with Crippen LogP contribution in [-0.4, -0.2) is 17.6 Å². The van der Waals surface area contributed by atoms with E-state index in [1.807, 2.05) is 19.1 Å². The molecule has 0 unspecified atom stereocenters. The average molecular weight is 287 g/mol. The van der Waals surface area contributed by atoms with Crippen LogP contribution in [0.15, 0.2) is 42.5 Å². The number of rotatable bonds is 6. The van der Waals surface area contributed by atoms with Gasteiger partial charge in [-0.2, -0.15) is 0 Å². The molecular weight excluding hydrogens is 269 g/mol. The number of carboxylic acids is 1. The Bertz CT molecular complexity index is 640. The van der Waals surface area contributed by atoms with Gasteiger partial charge in [0, 0.05) is 6.54 Å². The van der Waals surface area contributed by atoms with E-state index in [0.717, 1.165) is 16.7 Å². The Kier molecular flexibility index (Phi) is 5.06. The molecule has 2 aromatic carbocycles. The predicted molar refractivity (Wildman–Crippen MR) is 79.9 cm³/mol. The number of aromatic carboxylic acids is 1. The van der Waals surface area contributed by atoms with Gasteiger partial charge in [-0.05, 0) is 54.8 Å². The minimum Gasteiger partial charge on any atom is -0.478 e. The van der Waals surface area contributed by atoms with Gasteiger partial charge in [-0.3, -0.25) is 0 Å². The van der Waals surface area contributed by atoms with Crippen LogP contribution in [0.1, 0.15) is 27.0 Å². The van der Waals surface area contributed by atoms with E-state index in [1.54, 1.807) is 18.2 Å². The van der Waals surface area contributed by atoms with Gasteiger partial charge >= 0.3 is 5.97 Å². The lowest BCUT2D eigenvalue weighted by atomic mass is 10.0. The van der Waals surface area contributed by atoms with Crippen LogP contribution >= 0.6 is 0 Å². The van der Waals surface area contributed by atoms with E-state index in [9.17, 15) is 9.18 Å². The van der Waals surface area contributed by atoms with E-state index in [4.69, 9.17) is 5.11 Å². The molecule has 0 saturated carbocycles. The molecule has 0 heterocycles. The first kappa shape index (κ1) is 15.2. The van der Waals surface area contributed by atoms with Crippen molar-refractivity contribution < 1.29 is 14.3 Å². The van der Waals surface area contributed by atoms with Gasteiger partial charge in [0.05, 0.1) is 5.56 Å². The van der Waals surface area contributed by atoms with Gasteiger partial charge < -0.3 is 10.4 Å². The Morgan fingerprint density at radius 1 is 1.19 bits per heavy atom. The molecular formula is C17H18FNO2. The standard InChI is InChI=1S/C17H18FNO2/c1-12-10-15(18)7-6-14(12)11-19-9-8-13-4-2-3-5-16(13)17(20)21/h2-7,10,19H,8-9,11H2,1H3,(H,20,21). The van der Waals surface area contributed by atoms with Crippen LogP contribution in [0.3, 0.4) is 0 Å². The number of aryl methyl sites for hydroxylation is 1. The van der Waals surface area contributed by atoms with E-state index < -0.39 is 5.97 Å². The predicted octanol–water partition coefficient (Wildman–Crippen LogP) is 3.16. The number of halogens is 1. The summed E-state index contributed by atoms with van der Waals surface area (Å²) in [4.78, 5) is 11.1. The maximum absolute atomic E-state index is 13.0. The van der Waals surface area contributed by atoms with Crippen LogP contribution in [0.4, 0.5) is 4.39 Å². The SMILES string of the molecule is Cc1cc(F)ccc1CNCCc1ccccc1C(=O)O. The van der Waals surface area contributed by atoms with Crippen molar-refractivity contribution in [3.63, 3.8) is 0 Å². The highest BCUT2D eigenvalue weighted by Crippen LogP contribution is 2.11. The third kappa shape index (κ3) is 4.13. The fourth-order valence-corrected chi connectivity index (χ4v) is 2.25. The summed E-state index contributed by atoms with van der Waals surface area (Å²) in [5, 5.41) is 12.4. The number of benzene rings is 2. The van der Waals surface area contributed by atoms with Gasteiger partial charge in [0.25, 0.3) is 0 Å². The fraction of sp³-hybridized carbons (Fsp3) is 0.235. The van der Waals surface area contributed by atoms with E-state index >= 15 is 0 Å². The lowest BCUT2D eigenvalue weighted by Gasteiger charge is -2.09. The first-order valence-electron chi connectivity index (χ1n) is 6.85. The Balaban J connectivity index is 1.89. The Morgan fingerprint density at radius 2 is 1.95 bits per heavy atom. The molecule has 0 fully saturated rings. The Labute approximate surface area is 123 Å². The van der Waals surface area contributed by atoms with Crippen molar-refractivity contribution in [2.24, 2.45) is 0 Å². The van der Waals surface area contributed by atoms with E-state index in [1.165, 1.54) is 12.1 Å². The van der Waals surface area contributed by atoms with E-state index in [2.05, 4.69) is 5.32 Å². The van der Waals surface area contributed by atoms with E-state index in [-0.39, 0.29) is 5.82 Å². The molecule has 21 heavy (non-hydrogen) atoms. The second-order valence-corrected chi connectivity index (χ2v) is 4.96. The number of carboxylic acid groups (broad SMARTS) is 1. The third-order valence-corrected chi connectivity index (χ3v) is 3.44. The zero-order chi connectivity index (χ0) is 15.2. The normalized spacial score (nSPS) is 10.6. The summed E-state index contributed by atoms with van der Waals surface area (Å²) >= 11 is 0. The van der Waals surface area contributed by atoms with Crippen molar-refractivity contribution in [3.8, 4) is 0 Å². The summed E-state index contributed by atoms with van der Waals surface area (Å²) in [5.74, 6) is -1.13. The summed E-state index contributed by atoms with van der Waals surface area (Å²) in [7, 11) is 0. The molecule has 110 valence electrons. The van der Waals surface area contributed by atoms with Crippen molar-refractivity contribution in [1.82, 2.24) is 5.32 Å². The van der Waals surface area contributed by atoms with Crippen molar-refractivity contribution in [1.29, 1.82) is 0 Å². The third-order valence-electron chi connectivity index (χ3n) is 3.44. The lowest BCUT2D eigenvalue weighted by Crippen LogP contribution is -2.18. The smallest absolute Gasteiger partial charge is 0.335 e. The van der Waals surface area contributed by atoms with Crippen molar-refractivity contribution in [2.45, 2.75) is 19.9 Å². The fourth-order valence-electron chi connectivity index (χ4n) is 2.25. The molecule has 0 aliphatic heterocycles. The number of carbonyl (C=O) groups is 1. The molecule has 0 aliphatic carbocycles. The van der Waals surface area contributed by atoms with Crippen molar-refractivity contribution >= 4 is 5.97 Å². The number of nitrogens with one attached hydrogen (secondary N) is 1.